The lowest BCUT2D eigenvalue weighted by molar-refractivity contribution is 0.470. The first-order valence-corrected chi connectivity index (χ1v) is 6.40. The second kappa shape index (κ2) is 5.54. The average Bonchev–Trinajstić information content (AvgIpc) is 2.31. The van der Waals surface area contributed by atoms with E-state index in [1.165, 1.54) is 16.8 Å². The number of nitrogens with one attached hydrogen (secondary N) is 1. The van der Waals surface area contributed by atoms with Gasteiger partial charge in [0.05, 0.1) is 0 Å². The number of hydrogen-bond acceptors (Lipinski definition) is 2. The van der Waals surface area contributed by atoms with Crippen LogP contribution in [0.5, 0.6) is 0 Å². The summed E-state index contributed by atoms with van der Waals surface area (Å²) < 4.78 is 0. The molecule has 0 fully saturated rings. The molecule has 0 spiro atoms. The Labute approximate surface area is 106 Å². The molecule has 0 aliphatic rings. The van der Waals surface area contributed by atoms with Crippen molar-refractivity contribution < 1.29 is 0 Å². The first-order valence-electron chi connectivity index (χ1n) is 6.40. The van der Waals surface area contributed by atoms with E-state index in [0.717, 1.165) is 13.0 Å². The van der Waals surface area contributed by atoms with Gasteiger partial charge in [0.2, 0.25) is 0 Å². The van der Waals surface area contributed by atoms with Gasteiger partial charge in [-0.15, -0.1) is 0 Å². The van der Waals surface area contributed by atoms with Crippen molar-refractivity contribution in [3.63, 3.8) is 0 Å². The quantitative estimate of drug-likeness (QED) is 0.840. The molecule has 0 unspecified atom stereocenters. The molecular weight excluding hydrogens is 208 g/mol. The zero-order valence-corrected chi connectivity index (χ0v) is 12.1. The Bertz CT molecular complexity index is 369. The van der Waals surface area contributed by atoms with E-state index in [1.54, 1.807) is 0 Å². The van der Waals surface area contributed by atoms with Gasteiger partial charge < -0.3 is 10.2 Å². The molecule has 0 saturated heterocycles. The third-order valence-corrected chi connectivity index (χ3v) is 3.85. The Kier molecular flexibility index (Phi) is 4.58. The molecule has 0 bridgehead atoms. The van der Waals surface area contributed by atoms with E-state index in [9.17, 15) is 0 Å². The fourth-order valence-corrected chi connectivity index (χ4v) is 1.86. The molecule has 0 aliphatic heterocycles. The Balaban J connectivity index is 2.97. The van der Waals surface area contributed by atoms with Gasteiger partial charge in [0.15, 0.2) is 0 Å². The van der Waals surface area contributed by atoms with Crippen LogP contribution < -0.4 is 10.2 Å². The van der Waals surface area contributed by atoms with Crippen molar-refractivity contribution in [2.75, 3.05) is 19.0 Å². The van der Waals surface area contributed by atoms with Gasteiger partial charge in [-0.2, -0.15) is 0 Å². The first-order chi connectivity index (χ1) is 7.92. The minimum atomic E-state index is 0.205. The lowest BCUT2D eigenvalue weighted by Crippen LogP contribution is -2.40. The smallest absolute Gasteiger partial charge is 0.0370 e. The van der Waals surface area contributed by atoms with E-state index in [-0.39, 0.29) is 5.54 Å². The molecule has 0 aromatic heterocycles. The molecule has 2 heteroatoms. The highest BCUT2D eigenvalue weighted by molar-refractivity contribution is 5.52. The van der Waals surface area contributed by atoms with Crippen LogP contribution in [0.2, 0.25) is 0 Å². The molecule has 0 amide bonds. The Morgan fingerprint density at radius 3 is 2.41 bits per heavy atom. The van der Waals surface area contributed by atoms with Crippen molar-refractivity contribution in [3.05, 3.63) is 29.3 Å². The molecule has 17 heavy (non-hydrogen) atoms. The molecule has 1 aromatic carbocycles. The highest BCUT2D eigenvalue weighted by Crippen LogP contribution is 2.26. The Morgan fingerprint density at radius 1 is 1.29 bits per heavy atom. The fraction of sp³-hybridized carbons (Fsp3) is 0.600. The standard InChI is InChI=1S/C15H26N2/c1-7-15(3,4)17(6)14-9-8-13(11-16-5)12(2)10-14/h8-10,16H,7,11H2,1-6H3. The number of anilines is 1. The monoisotopic (exact) mass is 234 g/mol. The van der Waals surface area contributed by atoms with Crippen molar-refractivity contribution in [1.29, 1.82) is 0 Å². The lowest BCUT2D eigenvalue weighted by atomic mass is 9.98. The maximum atomic E-state index is 3.20. The number of aryl methyl sites for hydroxylation is 1. The van der Waals surface area contributed by atoms with Crippen LogP contribution in [0.25, 0.3) is 0 Å². The van der Waals surface area contributed by atoms with Crippen molar-refractivity contribution in [2.45, 2.75) is 46.2 Å². The summed E-state index contributed by atoms with van der Waals surface area (Å²) in [5, 5.41) is 3.20. The third kappa shape index (κ3) is 3.22. The van der Waals surface area contributed by atoms with Crippen LogP contribution in [0, 0.1) is 6.92 Å². The summed E-state index contributed by atoms with van der Waals surface area (Å²) in [5.41, 5.74) is 4.24. The van der Waals surface area contributed by atoms with Gasteiger partial charge in [0, 0.05) is 24.8 Å². The Hall–Kier alpha value is -1.02. The summed E-state index contributed by atoms with van der Waals surface area (Å²) in [5.74, 6) is 0. The summed E-state index contributed by atoms with van der Waals surface area (Å²) in [6, 6.07) is 6.73. The largest absolute Gasteiger partial charge is 0.369 e. The second-order valence-electron chi connectivity index (χ2n) is 5.37. The number of benzene rings is 1. The van der Waals surface area contributed by atoms with Crippen LogP contribution in [0.1, 0.15) is 38.3 Å². The number of nitrogens with zero attached hydrogens (tertiary/aromatic N) is 1. The lowest BCUT2D eigenvalue weighted by Gasteiger charge is -2.37. The van der Waals surface area contributed by atoms with E-state index >= 15 is 0 Å². The van der Waals surface area contributed by atoms with Crippen LogP contribution in [-0.2, 0) is 6.54 Å². The zero-order chi connectivity index (χ0) is 13.1. The SMILES string of the molecule is CCC(C)(C)N(C)c1ccc(CNC)c(C)c1. The predicted octanol–water partition coefficient (Wildman–Crippen LogP) is 3.34. The van der Waals surface area contributed by atoms with Crippen molar-refractivity contribution >= 4 is 5.69 Å². The number of rotatable bonds is 5. The summed E-state index contributed by atoms with van der Waals surface area (Å²) >= 11 is 0. The molecule has 2 nitrogen and oxygen atoms in total. The van der Waals surface area contributed by atoms with Gasteiger partial charge in [-0.1, -0.05) is 13.0 Å². The van der Waals surface area contributed by atoms with E-state index in [4.69, 9.17) is 0 Å². The highest BCUT2D eigenvalue weighted by Gasteiger charge is 2.21. The molecule has 0 radical (unpaired) electrons. The molecule has 0 atom stereocenters. The molecular formula is C15H26N2. The van der Waals surface area contributed by atoms with Crippen molar-refractivity contribution in [1.82, 2.24) is 5.32 Å². The van der Waals surface area contributed by atoms with Gasteiger partial charge in [-0.05, 0) is 57.5 Å². The van der Waals surface area contributed by atoms with E-state index < -0.39 is 0 Å². The summed E-state index contributed by atoms with van der Waals surface area (Å²) in [7, 11) is 4.16. The van der Waals surface area contributed by atoms with Gasteiger partial charge in [0.25, 0.3) is 0 Å². The maximum Gasteiger partial charge on any atom is 0.0370 e. The molecule has 1 N–H and O–H groups in total. The number of hydrogen-bond donors (Lipinski definition) is 1. The first kappa shape index (κ1) is 14.0. The van der Waals surface area contributed by atoms with Gasteiger partial charge in [0.1, 0.15) is 0 Å². The van der Waals surface area contributed by atoms with Crippen LogP contribution in [-0.4, -0.2) is 19.6 Å². The molecule has 0 aliphatic carbocycles. The fourth-order valence-electron chi connectivity index (χ4n) is 1.86. The van der Waals surface area contributed by atoms with Crippen molar-refractivity contribution in [2.24, 2.45) is 0 Å². The van der Waals surface area contributed by atoms with Crippen LogP contribution in [0.15, 0.2) is 18.2 Å². The van der Waals surface area contributed by atoms with Crippen LogP contribution in [0.3, 0.4) is 0 Å². The predicted molar refractivity (Wildman–Crippen MR) is 76.7 cm³/mol. The topological polar surface area (TPSA) is 15.3 Å². The van der Waals surface area contributed by atoms with E-state index in [2.05, 4.69) is 63.2 Å². The minimum Gasteiger partial charge on any atom is -0.369 e. The Morgan fingerprint density at radius 2 is 1.94 bits per heavy atom. The second-order valence-corrected chi connectivity index (χ2v) is 5.37. The van der Waals surface area contributed by atoms with Gasteiger partial charge in [-0.25, -0.2) is 0 Å². The van der Waals surface area contributed by atoms with E-state index in [1.807, 2.05) is 7.05 Å². The van der Waals surface area contributed by atoms with Crippen LogP contribution in [0.4, 0.5) is 5.69 Å². The van der Waals surface area contributed by atoms with Gasteiger partial charge in [-0.3, -0.25) is 0 Å². The van der Waals surface area contributed by atoms with Crippen LogP contribution >= 0.6 is 0 Å². The van der Waals surface area contributed by atoms with E-state index in [0.29, 0.717) is 0 Å². The normalized spacial score (nSPS) is 11.6. The van der Waals surface area contributed by atoms with Crippen molar-refractivity contribution in [3.8, 4) is 0 Å². The van der Waals surface area contributed by atoms with Gasteiger partial charge >= 0.3 is 0 Å². The third-order valence-electron chi connectivity index (χ3n) is 3.85. The molecule has 1 aromatic rings. The summed E-state index contributed by atoms with van der Waals surface area (Å²) in [6.45, 7) is 9.92. The summed E-state index contributed by atoms with van der Waals surface area (Å²) in [4.78, 5) is 2.36. The molecule has 1 rings (SSSR count). The molecule has 0 heterocycles. The maximum absolute atomic E-state index is 3.20. The molecule has 0 saturated carbocycles. The minimum absolute atomic E-state index is 0.205. The highest BCUT2D eigenvalue weighted by atomic mass is 15.2. The average molecular weight is 234 g/mol. The zero-order valence-electron chi connectivity index (χ0n) is 12.1. The molecule has 96 valence electrons. The summed E-state index contributed by atoms with van der Waals surface area (Å²) in [6.07, 6.45) is 1.14.